The largest absolute Gasteiger partial charge is 0.361 e. The minimum atomic E-state index is -3.21. The van der Waals surface area contributed by atoms with Crippen LogP contribution in [0.25, 0.3) is 0 Å². The minimum absolute atomic E-state index is 0.00979. The molecule has 3 heterocycles. The highest BCUT2D eigenvalue weighted by atomic mass is 32.2. The molecule has 2 aromatic heterocycles. The lowest BCUT2D eigenvalue weighted by molar-refractivity contribution is 0.173. The van der Waals surface area contributed by atoms with E-state index in [4.69, 9.17) is 4.52 Å². The fraction of sp³-hybridized carbons (Fsp3) is 0.571. The molecular weight excluding hydrogens is 318 g/mol. The standard InChI is InChI=1S/C14H21N5O3S/c1-3-23(20,21)16-6-14-9-18(7-12-4-11(2)22-17-12)8-13-5-15-10-19(13)14/h4-5,10,14,16H,3,6-9H2,1-2H3/t14-/m0/s1. The molecule has 0 radical (unpaired) electrons. The van der Waals surface area contributed by atoms with E-state index in [1.54, 1.807) is 13.3 Å². The van der Waals surface area contributed by atoms with Gasteiger partial charge in [-0.05, 0) is 13.8 Å². The molecule has 0 bridgehead atoms. The summed E-state index contributed by atoms with van der Waals surface area (Å²) >= 11 is 0. The summed E-state index contributed by atoms with van der Waals surface area (Å²) in [6.07, 6.45) is 3.58. The molecule has 1 N–H and O–H groups in total. The predicted molar refractivity (Wildman–Crippen MR) is 84.1 cm³/mol. The number of sulfonamides is 1. The van der Waals surface area contributed by atoms with Gasteiger partial charge in [-0.2, -0.15) is 0 Å². The average molecular weight is 339 g/mol. The highest BCUT2D eigenvalue weighted by molar-refractivity contribution is 7.89. The Hall–Kier alpha value is -1.71. The van der Waals surface area contributed by atoms with E-state index in [2.05, 4.69) is 19.8 Å². The van der Waals surface area contributed by atoms with Gasteiger partial charge >= 0.3 is 0 Å². The van der Waals surface area contributed by atoms with Gasteiger partial charge in [0.1, 0.15) is 5.76 Å². The van der Waals surface area contributed by atoms with Crippen molar-refractivity contribution in [2.45, 2.75) is 33.0 Å². The van der Waals surface area contributed by atoms with Crippen molar-refractivity contribution in [1.82, 2.24) is 24.3 Å². The van der Waals surface area contributed by atoms with Crippen LogP contribution in [0.4, 0.5) is 0 Å². The second-order valence-corrected chi connectivity index (χ2v) is 7.89. The summed E-state index contributed by atoms with van der Waals surface area (Å²) in [7, 11) is -3.21. The van der Waals surface area contributed by atoms with Crippen LogP contribution in [-0.4, -0.2) is 46.9 Å². The van der Waals surface area contributed by atoms with Crippen LogP contribution in [0.3, 0.4) is 0 Å². The number of hydrogen-bond donors (Lipinski definition) is 1. The molecule has 3 rings (SSSR count). The SMILES string of the molecule is CCS(=O)(=O)NC[C@H]1CN(Cc2cc(C)on2)Cc2cncn21. The summed E-state index contributed by atoms with van der Waals surface area (Å²) in [4.78, 5) is 6.41. The van der Waals surface area contributed by atoms with Crippen molar-refractivity contribution in [3.05, 3.63) is 35.7 Å². The Morgan fingerprint density at radius 2 is 2.30 bits per heavy atom. The second-order valence-electron chi connectivity index (χ2n) is 5.80. The first kappa shape index (κ1) is 16.2. The van der Waals surface area contributed by atoms with E-state index in [-0.39, 0.29) is 11.8 Å². The molecule has 0 amide bonds. The smallest absolute Gasteiger partial charge is 0.211 e. The molecular formula is C14H21N5O3S. The van der Waals surface area contributed by atoms with Crippen molar-refractivity contribution in [2.24, 2.45) is 0 Å². The topological polar surface area (TPSA) is 93.3 Å². The Bertz CT molecular complexity index is 767. The minimum Gasteiger partial charge on any atom is -0.361 e. The molecule has 0 unspecified atom stereocenters. The van der Waals surface area contributed by atoms with Gasteiger partial charge in [0.05, 0.1) is 29.5 Å². The van der Waals surface area contributed by atoms with Crippen molar-refractivity contribution in [3.63, 3.8) is 0 Å². The number of rotatable bonds is 6. The van der Waals surface area contributed by atoms with Crippen LogP contribution < -0.4 is 4.72 Å². The van der Waals surface area contributed by atoms with Crippen molar-refractivity contribution in [1.29, 1.82) is 0 Å². The number of hydrogen-bond acceptors (Lipinski definition) is 6. The Morgan fingerprint density at radius 3 is 3.00 bits per heavy atom. The molecule has 0 saturated carbocycles. The average Bonchev–Trinajstić information content (AvgIpc) is 3.14. The maximum Gasteiger partial charge on any atom is 0.211 e. The molecule has 0 saturated heterocycles. The summed E-state index contributed by atoms with van der Waals surface area (Å²) < 4.78 is 33.2. The zero-order valence-corrected chi connectivity index (χ0v) is 14.1. The number of imidazole rings is 1. The molecule has 0 fully saturated rings. The lowest BCUT2D eigenvalue weighted by atomic mass is 10.2. The maximum absolute atomic E-state index is 11.7. The summed E-state index contributed by atoms with van der Waals surface area (Å²) in [6.45, 7) is 5.99. The predicted octanol–water partition coefficient (Wildman–Crippen LogP) is 0.676. The van der Waals surface area contributed by atoms with E-state index in [0.29, 0.717) is 13.1 Å². The highest BCUT2D eigenvalue weighted by Crippen LogP contribution is 2.22. The maximum atomic E-state index is 11.7. The number of aryl methyl sites for hydroxylation is 1. The van der Waals surface area contributed by atoms with Crippen LogP contribution in [0, 0.1) is 6.92 Å². The van der Waals surface area contributed by atoms with Crippen LogP contribution in [0.2, 0.25) is 0 Å². The summed E-state index contributed by atoms with van der Waals surface area (Å²) in [5, 5.41) is 4.03. The molecule has 1 atom stereocenters. The quantitative estimate of drug-likeness (QED) is 0.832. The van der Waals surface area contributed by atoms with E-state index >= 15 is 0 Å². The van der Waals surface area contributed by atoms with Gasteiger partial charge in [0.25, 0.3) is 0 Å². The molecule has 0 aromatic carbocycles. The van der Waals surface area contributed by atoms with Gasteiger partial charge in [-0.25, -0.2) is 18.1 Å². The second kappa shape index (κ2) is 6.42. The first-order valence-electron chi connectivity index (χ1n) is 7.59. The van der Waals surface area contributed by atoms with Crippen LogP contribution in [0.5, 0.6) is 0 Å². The van der Waals surface area contributed by atoms with Gasteiger partial charge in [-0.15, -0.1) is 0 Å². The zero-order chi connectivity index (χ0) is 16.4. The van der Waals surface area contributed by atoms with E-state index in [1.165, 1.54) is 0 Å². The summed E-state index contributed by atoms with van der Waals surface area (Å²) in [5.41, 5.74) is 1.94. The van der Waals surface area contributed by atoms with Crippen LogP contribution in [-0.2, 0) is 23.1 Å². The van der Waals surface area contributed by atoms with E-state index < -0.39 is 10.0 Å². The molecule has 2 aromatic rings. The van der Waals surface area contributed by atoms with Crippen LogP contribution in [0.15, 0.2) is 23.1 Å². The fourth-order valence-corrected chi connectivity index (χ4v) is 3.44. The lowest BCUT2D eigenvalue weighted by Crippen LogP contribution is -2.42. The fourth-order valence-electron chi connectivity index (χ4n) is 2.79. The summed E-state index contributed by atoms with van der Waals surface area (Å²) in [5.74, 6) is 0.868. The van der Waals surface area contributed by atoms with Crippen LogP contribution >= 0.6 is 0 Å². The molecule has 126 valence electrons. The molecule has 8 nitrogen and oxygen atoms in total. The number of fused-ring (bicyclic) bond motifs is 1. The third-order valence-electron chi connectivity index (χ3n) is 3.98. The van der Waals surface area contributed by atoms with Crippen molar-refractivity contribution < 1.29 is 12.9 Å². The van der Waals surface area contributed by atoms with Gasteiger partial charge in [0.2, 0.25) is 10.0 Å². The third-order valence-corrected chi connectivity index (χ3v) is 5.34. The molecule has 0 aliphatic carbocycles. The van der Waals surface area contributed by atoms with Crippen molar-refractivity contribution in [2.75, 3.05) is 18.8 Å². The van der Waals surface area contributed by atoms with Crippen molar-refractivity contribution >= 4 is 10.0 Å². The first-order valence-corrected chi connectivity index (χ1v) is 9.24. The van der Waals surface area contributed by atoms with Gasteiger partial charge in [-0.3, -0.25) is 4.90 Å². The number of nitrogens with zero attached hydrogens (tertiary/aromatic N) is 4. The van der Waals surface area contributed by atoms with E-state index in [0.717, 1.165) is 30.2 Å². The Labute approximate surface area is 135 Å². The van der Waals surface area contributed by atoms with Gasteiger partial charge in [0.15, 0.2) is 0 Å². The van der Waals surface area contributed by atoms with Crippen molar-refractivity contribution in [3.8, 4) is 0 Å². The number of nitrogens with one attached hydrogen (secondary N) is 1. The monoisotopic (exact) mass is 339 g/mol. The Morgan fingerprint density at radius 1 is 1.48 bits per heavy atom. The molecule has 1 aliphatic rings. The Balaban J connectivity index is 1.72. The third kappa shape index (κ3) is 3.80. The van der Waals surface area contributed by atoms with Gasteiger partial charge < -0.3 is 9.09 Å². The van der Waals surface area contributed by atoms with Crippen LogP contribution in [0.1, 0.15) is 30.1 Å². The molecule has 23 heavy (non-hydrogen) atoms. The number of aromatic nitrogens is 3. The zero-order valence-electron chi connectivity index (χ0n) is 13.3. The first-order chi connectivity index (χ1) is 11.0. The van der Waals surface area contributed by atoms with E-state index in [1.807, 2.05) is 23.8 Å². The Kier molecular flexibility index (Phi) is 4.51. The summed E-state index contributed by atoms with van der Waals surface area (Å²) in [6, 6.07) is 1.93. The molecule has 9 heteroatoms. The normalized spacial score (nSPS) is 19.0. The van der Waals surface area contributed by atoms with E-state index in [9.17, 15) is 8.42 Å². The van der Waals surface area contributed by atoms with Gasteiger partial charge in [-0.1, -0.05) is 5.16 Å². The molecule has 1 aliphatic heterocycles. The highest BCUT2D eigenvalue weighted by Gasteiger charge is 2.26. The van der Waals surface area contributed by atoms with Gasteiger partial charge in [0, 0.05) is 38.4 Å². The molecule has 0 spiro atoms. The lowest BCUT2D eigenvalue weighted by Gasteiger charge is -2.34.